The van der Waals surface area contributed by atoms with Gasteiger partial charge in [0, 0.05) is 24.0 Å². The molecule has 0 aliphatic heterocycles. The Kier molecular flexibility index (Phi) is 11.2. The lowest BCUT2D eigenvalue weighted by molar-refractivity contribution is 0.710. The van der Waals surface area contributed by atoms with Gasteiger partial charge < -0.3 is 10.6 Å². The van der Waals surface area contributed by atoms with Gasteiger partial charge >= 0.3 is 0 Å². The molecule has 0 bridgehead atoms. The van der Waals surface area contributed by atoms with E-state index in [2.05, 4.69) is 47.6 Å². The number of nitrogens with zero attached hydrogens (tertiary/aromatic N) is 2. The molecule has 0 radical (unpaired) electrons. The van der Waals surface area contributed by atoms with Crippen LogP contribution >= 0.6 is 47.3 Å². The van der Waals surface area contributed by atoms with Gasteiger partial charge in [-0.15, -0.1) is 24.0 Å². The third kappa shape index (κ3) is 9.05. The van der Waals surface area contributed by atoms with Gasteiger partial charge in [-0.25, -0.2) is 4.98 Å². The molecule has 126 valence electrons. The van der Waals surface area contributed by atoms with E-state index < -0.39 is 0 Å². The number of thioether (sulfide) groups is 1. The summed E-state index contributed by atoms with van der Waals surface area (Å²) < 4.78 is 0.155. The summed E-state index contributed by atoms with van der Waals surface area (Å²) in [5.74, 6) is 0.863. The quantitative estimate of drug-likeness (QED) is 0.285. The van der Waals surface area contributed by atoms with Gasteiger partial charge in [0.25, 0.3) is 0 Å². The van der Waals surface area contributed by atoms with E-state index in [4.69, 9.17) is 11.6 Å². The molecule has 0 aliphatic carbocycles. The zero-order valence-corrected chi connectivity index (χ0v) is 17.6. The molecule has 1 rings (SSSR count). The molecule has 0 unspecified atom stereocenters. The Morgan fingerprint density at radius 3 is 2.64 bits per heavy atom. The number of guanidine groups is 1. The highest BCUT2D eigenvalue weighted by Crippen LogP contribution is 2.20. The number of hydrogen-bond donors (Lipinski definition) is 2. The van der Waals surface area contributed by atoms with Crippen LogP contribution in [-0.4, -0.2) is 41.6 Å². The molecule has 0 saturated carbocycles. The molecule has 0 aliphatic rings. The van der Waals surface area contributed by atoms with Crippen LogP contribution < -0.4 is 10.6 Å². The van der Waals surface area contributed by atoms with Crippen LogP contribution in [0.25, 0.3) is 0 Å². The molecule has 7 heteroatoms. The Balaban J connectivity index is 0.00000441. The van der Waals surface area contributed by atoms with Gasteiger partial charge in [0.15, 0.2) is 5.96 Å². The van der Waals surface area contributed by atoms with Crippen LogP contribution in [0.1, 0.15) is 26.3 Å². The standard InChI is InChI=1S/C15H25ClN4S.HI/c1-5-17-14(20-11-15(2,3)21-4)18-9-8-12-6-7-13(16)19-10-12;/h6-7,10H,5,8-9,11H2,1-4H3,(H2,17,18,20);1H. The topological polar surface area (TPSA) is 49.3 Å². The van der Waals surface area contributed by atoms with Crippen LogP contribution in [0.15, 0.2) is 23.3 Å². The maximum absolute atomic E-state index is 5.78. The van der Waals surface area contributed by atoms with E-state index in [1.54, 1.807) is 0 Å². The largest absolute Gasteiger partial charge is 0.357 e. The summed E-state index contributed by atoms with van der Waals surface area (Å²) in [7, 11) is 0. The predicted octanol–water partition coefficient (Wildman–Crippen LogP) is 3.59. The highest BCUT2D eigenvalue weighted by Gasteiger charge is 2.15. The lowest BCUT2D eigenvalue weighted by atomic mass is 10.2. The van der Waals surface area contributed by atoms with Crippen LogP contribution in [-0.2, 0) is 6.42 Å². The van der Waals surface area contributed by atoms with E-state index in [1.165, 1.54) is 0 Å². The number of hydrogen-bond acceptors (Lipinski definition) is 3. The van der Waals surface area contributed by atoms with Crippen molar-refractivity contribution >= 4 is 53.3 Å². The van der Waals surface area contributed by atoms with Crippen LogP contribution in [0, 0.1) is 0 Å². The van der Waals surface area contributed by atoms with Gasteiger partial charge in [0.1, 0.15) is 5.15 Å². The second-order valence-corrected chi connectivity index (χ2v) is 7.23. The van der Waals surface area contributed by atoms with Gasteiger partial charge in [-0.3, -0.25) is 4.99 Å². The van der Waals surface area contributed by atoms with Gasteiger partial charge in [-0.05, 0) is 45.1 Å². The maximum atomic E-state index is 5.78. The molecule has 0 spiro atoms. The third-order valence-electron chi connectivity index (χ3n) is 3.01. The average Bonchev–Trinajstić information content (AvgIpc) is 2.47. The summed E-state index contributed by atoms with van der Waals surface area (Å²) >= 11 is 7.60. The first-order valence-corrected chi connectivity index (χ1v) is 8.75. The van der Waals surface area contributed by atoms with Gasteiger partial charge in [-0.2, -0.15) is 11.8 Å². The molecule has 0 saturated heterocycles. The Morgan fingerprint density at radius 2 is 2.09 bits per heavy atom. The Labute approximate surface area is 160 Å². The van der Waals surface area contributed by atoms with Crippen molar-refractivity contribution in [3.8, 4) is 0 Å². The molecule has 4 nitrogen and oxygen atoms in total. The van der Waals surface area contributed by atoms with E-state index in [9.17, 15) is 0 Å². The number of aromatic nitrogens is 1. The lowest BCUT2D eigenvalue weighted by Gasteiger charge is -2.20. The van der Waals surface area contributed by atoms with Crippen molar-refractivity contribution in [3.05, 3.63) is 29.0 Å². The number of rotatable bonds is 7. The molecule has 1 heterocycles. The second kappa shape index (κ2) is 11.3. The van der Waals surface area contributed by atoms with Gasteiger partial charge in [0.05, 0.1) is 6.54 Å². The van der Waals surface area contributed by atoms with Crippen LogP contribution in [0.3, 0.4) is 0 Å². The van der Waals surface area contributed by atoms with E-state index in [-0.39, 0.29) is 28.7 Å². The number of pyridine rings is 1. The van der Waals surface area contributed by atoms with Crippen molar-refractivity contribution in [2.45, 2.75) is 31.9 Å². The SMILES string of the molecule is CCNC(=NCC(C)(C)SC)NCCc1ccc(Cl)nc1.I. The van der Waals surface area contributed by atoms with Gasteiger partial charge in [-0.1, -0.05) is 17.7 Å². The first kappa shape index (κ1) is 21.8. The predicted molar refractivity (Wildman–Crippen MR) is 110 cm³/mol. The first-order chi connectivity index (χ1) is 9.96. The minimum Gasteiger partial charge on any atom is -0.357 e. The Morgan fingerprint density at radius 1 is 1.36 bits per heavy atom. The zero-order chi connectivity index (χ0) is 15.7. The van der Waals surface area contributed by atoms with Crippen molar-refractivity contribution in [1.29, 1.82) is 0 Å². The van der Waals surface area contributed by atoms with Crippen LogP contribution in [0.5, 0.6) is 0 Å². The van der Waals surface area contributed by atoms with E-state index in [0.717, 1.165) is 37.6 Å². The van der Waals surface area contributed by atoms with Crippen LogP contribution in [0.4, 0.5) is 0 Å². The molecular weight excluding hydrogens is 431 g/mol. The molecule has 0 atom stereocenters. The number of halogens is 2. The summed E-state index contributed by atoms with van der Waals surface area (Å²) in [6.45, 7) is 8.92. The molecule has 0 aromatic carbocycles. The molecule has 22 heavy (non-hydrogen) atoms. The normalized spacial score (nSPS) is 11.8. The minimum absolute atomic E-state index is 0. The molecule has 1 aromatic rings. The summed E-state index contributed by atoms with van der Waals surface area (Å²) in [5.41, 5.74) is 1.16. The summed E-state index contributed by atoms with van der Waals surface area (Å²) in [4.78, 5) is 8.72. The average molecular weight is 457 g/mol. The molecule has 0 fully saturated rings. The highest BCUT2D eigenvalue weighted by atomic mass is 127. The second-order valence-electron chi connectivity index (χ2n) is 5.32. The molecule has 0 amide bonds. The molecule has 1 aromatic heterocycles. The van der Waals surface area contributed by atoms with E-state index in [0.29, 0.717) is 5.15 Å². The summed E-state index contributed by atoms with van der Waals surface area (Å²) in [6, 6.07) is 3.81. The van der Waals surface area contributed by atoms with Crippen molar-refractivity contribution in [2.75, 3.05) is 25.9 Å². The number of nitrogens with one attached hydrogen (secondary N) is 2. The summed E-state index contributed by atoms with van der Waals surface area (Å²) in [5, 5.41) is 7.15. The maximum Gasteiger partial charge on any atom is 0.191 e. The van der Waals surface area contributed by atoms with Crippen LogP contribution in [0.2, 0.25) is 5.15 Å². The van der Waals surface area contributed by atoms with E-state index in [1.807, 2.05) is 30.1 Å². The fourth-order valence-corrected chi connectivity index (χ4v) is 1.86. The Bertz CT molecular complexity index is 451. The highest BCUT2D eigenvalue weighted by molar-refractivity contribution is 14.0. The monoisotopic (exact) mass is 456 g/mol. The lowest BCUT2D eigenvalue weighted by Crippen LogP contribution is -2.39. The fourth-order valence-electron chi connectivity index (χ4n) is 1.56. The fraction of sp³-hybridized carbons (Fsp3) is 0.600. The minimum atomic E-state index is 0. The molecular formula is C15H26ClIN4S. The Hall–Kier alpha value is -0.210. The van der Waals surface area contributed by atoms with Crippen molar-refractivity contribution in [1.82, 2.24) is 15.6 Å². The van der Waals surface area contributed by atoms with Crippen molar-refractivity contribution < 1.29 is 0 Å². The van der Waals surface area contributed by atoms with E-state index >= 15 is 0 Å². The smallest absolute Gasteiger partial charge is 0.191 e. The summed E-state index contributed by atoms with van der Waals surface area (Å²) in [6.07, 6.45) is 4.81. The first-order valence-electron chi connectivity index (χ1n) is 7.14. The van der Waals surface area contributed by atoms with Crippen molar-refractivity contribution in [3.63, 3.8) is 0 Å². The van der Waals surface area contributed by atoms with Crippen molar-refractivity contribution in [2.24, 2.45) is 4.99 Å². The molecule has 2 N–H and O–H groups in total. The number of aliphatic imine (C=N–C) groups is 1. The third-order valence-corrected chi connectivity index (χ3v) is 4.47. The van der Waals surface area contributed by atoms with Gasteiger partial charge in [0.2, 0.25) is 0 Å². The zero-order valence-electron chi connectivity index (χ0n) is 13.6.